The topological polar surface area (TPSA) is 118 Å². The fourth-order valence-corrected chi connectivity index (χ4v) is 1.27. The summed E-state index contributed by atoms with van der Waals surface area (Å²) in [5.41, 5.74) is 2.41. The summed E-state index contributed by atoms with van der Waals surface area (Å²) in [7, 11) is 0. The lowest BCUT2D eigenvalue weighted by atomic mass is 10.3. The SMILES string of the molecule is CCCCOC(=O)/C(C#N)=N/Nc1ccc([N+](=O)[O-])cc1. The average Bonchev–Trinajstić information content (AvgIpc) is 2.48. The van der Waals surface area contributed by atoms with E-state index in [0.717, 1.165) is 6.42 Å². The van der Waals surface area contributed by atoms with Crippen LogP contribution < -0.4 is 5.43 Å². The Bertz CT molecular complexity index is 575. The number of esters is 1. The molecule has 1 N–H and O–H groups in total. The molecule has 21 heavy (non-hydrogen) atoms. The van der Waals surface area contributed by atoms with Gasteiger partial charge in [0, 0.05) is 12.1 Å². The van der Waals surface area contributed by atoms with Crippen LogP contribution in [-0.4, -0.2) is 23.2 Å². The van der Waals surface area contributed by atoms with Crippen LogP contribution in [0.4, 0.5) is 11.4 Å². The number of anilines is 1. The quantitative estimate of drug-likeness (QED) is 0.270. The summed E-state index contributed by atoms with van der Waals surface area (Å²) in [4.78, 5) is 21.5. The van der Waals surface area contributed by atoms with Crippen LogP contribution in [0.15, 0.2) is 29.4 Å². The van der Waals surface area contributed by atoms with Gasteiger partial charge in [0.25, 0.3) is 5.69 Å². The van der Waals surface area contributed by atoms with Crippen LogP contribution in [0.1, 0.15) is 19.8 Å². The minimum Gasteiger partial charge on any atom is -0.460 e. The number of non-ortho nitro benzene ring substituents is 1. The van der Waals surface area contributed by atoms with Gasteiger partial charge in [-0.15, -0.1) is 0 Å². The van der Waals surface area contributed by atoms with Crippen LogP contribution in [0.3, 0.4) is 0 Å². The Kier molecular flexibility index (Phi) is 6.34. The largest absolute Gasteiger partial charge is 0.460 e. The molecule has 0 spiro atoms. The first-order chi connectivity index (χ1) is 10.1. The fourth-order valence-electron chi connectivity index (χ4n) is 1.27. The number of benzene rings is 1. The Balaban J connectivity index is 2.65. The van der Waals surface area contributed by atoms with Gasteiger partial charge in [0.15, 0.2) is 0 Å². The van der Waals surface area contributed by atoms with E-state index in [1.165, 1.54) is 24.3 Å². The summed E-state index contributed by atoms with van der Waals surface area (Å²) in [5.74, 6) is -0.805. The van der Waals surface area contributed by atoms with E-state index in [1.54, 1.807) is 6.07 Å². The van der Waals surface area contributed by atoms with Crippen LogP contribution in [0.2, 0.25) is 0 Å². The number of ether oxygens (including phenoxy) is 1. The summed E-state index contributed by atoms with van der Waals surface area (Å²) in [6, 6.07) is 7.03. The molecule has 0 radical (unpaired) electrons. The van der Waals surface area contributed by atoms with Crippen molar-refractivity contribution >= 4 is 23.1 Å². The number of hydrazone groups is 1. The van der Waals surface area contributed by atoms with Crippen LogP contribution in [0.5, 0.6) is 0 Å². The molecule has 110 valence electrons. The smallest absolute Gasteiger partial charge is 0.369 e. The Labute approximate surface area is 121 Å². The lowest BCUT2D eigenvalue weighted by Crippen LogP contribution is -2.18. The van der Waals surface area contributed by atoms with E-state index in [-0.39, 0.29) is 12.3 Å². The van der Waals surface area contributed by atoms with Crippen LogP contribution >= 0.6 is 0 Å². The van der Waals surface area contributed by atoms with Gasteiger partial charge in [-0.3, -0.25) is 15.5 Å². The number of nitro groups is 1. The van der Waals surface area contributed by atoms with Crippen LogP contribution in [0.25, 0.3) is 0 Å². The maximum absolute atomic E-state index is 11.5. The first-order valence-corrected chi connectivity index (χ1v) is 6.23. The van der Waals surface area contributed by atoms with Crippen molar-refractivity contribution in [3.05, 3.63) is 34.4 Å². The van der Waals surface area contributed by atoms with Crippen LogP contribution in [-0.2, 0) is 9.53 Å². The highest BCUT2D eigenvalue weighted by molar-refractivity contribution is 6.43. The highest BCUT2D eigenvalue weighted by Gasteiger charge is 2.12. The predicted octanol–water partition coefficient (Wildman–Crippen LogP) is 2.23. The van der Waals surface area contributed by atoms with Crippen molar-refractivity contribution in [2.24, 2.45) is 5.10 Å². The van der Waals surface area contributed by atoms with E-state index >= 15 is 0 Å². The number of nitriles is 1. The van der Waals surface area contributed by atoms with Crippen molar-refractivity contribution in [3.8, 4) is 6.07 Å². The first kappa shape index (κ1) is 16.1. The summed E-state index contributed by atoms with van der Waals surface area (Å²) in [6.45, 7) is 2.18. The third-order valence-corrected chi connectivity index (χ3v) is 2.41. The van der Waals surface area contributed by atoms with E-state index in [1.807, 2.05) is 6.92 Å². The Hall–Kier alpha value is -2.95. The zero-order valence-electron chi connectivity index (χ0n) is 11.4. The maximum Gasteiger partial charge on any atom is 0.369 e. The molecule has 0 amide bonds. The number of hydrogen-bond acceptors (Lipinski definition) is 7. The summed E-state index contributed by atoms with van der Waals surface area (Å²) < 4.78 is 4.85. The van der Waals surface area contributed by atoms with E-state index in [0.29, 0.717) is 12.1 Å². The lowest BCUT2D eigenvalue weighted by molar-refractivity contribution is -0.384. The predicted molar refractivity (Wildman–Crippen MR) is 75.6 cm³/mol. The zero-order valence-corrected chi connectivity index (χ0v) is 11.4. The molecular weight excluding hydrogens is 276 g/mol. The zero-order chi connectivity index (χ0) is 15.7. The Morgan fingerprint density at radius 2 is 2.14 bits per heavy atom. The average molecular weight is 290 g/mol. The molecule has 1 rings (SSSR count). The molecule has 0 aromatic heterocycles. The second-order valence-corrected chi connectivity index (χ2v) is 3.98. The van der Waals surface area contributed by atoms with Crippen molar-refractivity contribution in [2.75, 3.05) is 12.0 Å². The minimum atomic E-state index is -0.805. The monoisotopic (exact) mass is 290 g/mol. The number of rotatable bonds is 7. The molecule has 0 saturated carbocycles. The van der Waals surface area contributed by atoms with Crippen molar-refractivity contribution < 1.29 is 14.5 Å². The fraction of sp³-hybridized carbons (Fsp3) is 0.308. The first-order valence-electron chi connectivity index (χ1n) is 6.23. The summed E-state index contributed by atoms with van der Waals surface area (Å²) in [5, 5.41) is 23.0. The molecule has 8 heteroatoms. The van der Waals surface area contributed by atoms with Gasteiger partial charge in [-0.2, -0.15) is 10.4 Å². The lowest BCUT2D eigenvalue weighted by Gasteiger charge is -2.03. The van der Waals surface area contributed by atoms with Crippen molar-refractivity contribution in [2.45, 2.75) is 19.8 Å². The minimum absolute atomic E-state index is 0.0657. The van der Waals surface area contributed by atoms with Gasteiger partial charge in [0.2, 0.25) is 5.71 Å². The van der Waals surface area contributed by atoms with Gasteiger partial charge in [-0.25, -0.2) is 4.79 Å². The van der Waals surface area contributed by atoms with Gasteiger partial charge in [-0.05, 0) is 18.6 Å². The number of nitrogens with one attached hydrogen (secondary N) is 1. The number of carbonyl (C=O) groups is 1. The molecule has 0 aliphatic heterocycles. The number of hydrogen-bond donors (Lipinski definition) is 1. The number of carbonyl (C=O) groups excluding carboxylic acids is 1. The van der Waals surface area contributed by atoms with Gasteiger partial charge in [0.1, 0.15) is 6.07 Å². The Morgan fingerprint density at radius 3 is 2.67 bits per heavy atom. The molecule has 0 heterocycles. The maximum atomic E-state index is 11.5. The molecule has 0 bridgehead atoms. The second-order valence-electron chi connectivity index (χ2n) is 3.98. The van der Waals surface area contributed by atoms with Crippen molar-refractivity contribution in [1.82, 2.24) is 0 Å². The standard InChI is InChI=1S/C13H14N4O4/c1-2-3-8-21-13(18)12(9-14)16-15-10-4-6-11(7-5-10)17(19)20/h4-7,15H,2-3,8H2,1H3/b16-12+. The van der Waals surface area contributed by atoms with Crippen LogP contribution in [0, 0.1) is 21.4 Å². The Morgan fingerprint density at radius 1 is 1.48 bits per heavy atom. The molecule has 0 atom stereocenters. The highest BCUT2D eigenvalue weighted by Crippen LogP contribution is 2.15. The number of nitro benzene ring substituents is 1. The third kappa shape index (κ3) is 5.28. The summed E-state index contributed by atoms with van der Waals surface area (Å²) in [6.07, 6.45) is 1.58. The molecule has 1 aromatic carbocycles. The normalized spacial score (nSPS) is 10.6. The third-order valence-electron chi connectivity index (χ3n) is 2.41. The van der Waals surface area contributed by atoms with Gasteiger partial charge in [0.05, 0.1) is 17.2 Å². The van der Waals surface area contributed by atoms with Gasteiger partial charge in [-0.1, -0.05) is 13.3 Å². The van der Waals surface area contributed by atoms with Gasteiger partial charge >= 0.3 is 5.97 Å². The van der Waals surface area contributed by atoms with Gasteiger partial charge < -0.3 is 4.74 Å². The van der Waals surface area contributed by atoms with E-state index in [2.05, 4.69) is 10.5 Å². The number of unbranched alkanes of at least 4 members (excludes halogenated alkanes) is 1. The molecule has 0 saturated heterocycles. The molecule has 0 unspecified atom stereocenters. The molecule has 0 aliphatic carbocycles. The molecule has 8 nitrogen and oxygen atoms in total. The van der Waals surface area contributed by atoms with E-state index < -0.39 is 16.6 Å². The van der Waals surface area contributed by atoms with E-state index in [9.17, 15) is 14.9 Å². The van der Waals surface area contributed by atoms with E-state index in [4.69, 9.17) is 10.00 Å². The number of nitrogens with zero attached hydrogens (tertiary/aromatic N) is 3. The molecule has 0 fully saturated rings. The molecular formula is C13H14N4O4. The van der Waals surface area contributed by atoms with Crippen molar-refractivity contribution in [1.29, 1.82) is 5.26 Å². The summed E-state index contributed by atoms with van der Waals surface area (Å²) >= 11 is 0. The van der Waals surface area contributed by atoms with Crippen molar-refractivity contribution in [3.63, 3.8) is 0 Å². The highest BCUT2D eigenvalue weighted by atomic mass is 16.6. The molecule has 1 aromatic rings. The second kappa shape index (κ2) is 8.27. The molecule has 0 aliphatic rings.